The number of para-hydroxylation sites is 2. The van der Waals surface area contributed by atoms with Crippen LogP contribution in [0, 0.1) is 0 Å². The molecule has 0 bridgehead atoms. The van der Waals surface area contributed by atoms with E-state index in [1.54, 1.807) is 15.9 Å². The Balaban J connectivity index is 1.31. The number of nitrogens with zero attached hydrogens (tertiary/aromatic N) is 2. The summed E-state index contributed by atoms with van der Waals surface area (Å²) in [4.78, 5) is 28.8. The van der Waals surface area contributed by atoms with Crippen LogP contribution in [0.15, 0.2) is 51.4 Å². The summed E-state index contributed by atoms with van der Waals surface area (Å²) in [6, 6.07) is 12.7. The normalized spacial score (nSPS) is 18.3. The predicted molar refractivity (Wildman–Crippen MR) is 115 cm³/mol. The van der Waals surface area contributed by atoms with E-state index in [9.17, 15) is 9.59 Å². The first-order valence-electron chi connectivity index (χ1n) is 9.19. The maximum absolute atomic E-state index is 12.8. The van der Waals surface area contributed by atoms with Crippen molar-refractivity contribution < 1.29 is 19.1 Å². The highest BCUT2D eigenvalue weighted by Crippen LogP contribution is 2.31. The lowest BCUT2D eigenvalue weighted by molar-refractivity contribution is -0.142. The molecule has 1 atom stereocenters. The molecule has 0 saturated carbocycles. The summed E-state index contributed by atoms with van der Waals surface area (Å²) in [6.45, 7) is 2.00. The topological polar surface area (TPSA) is 71.1 Å². The number of hydrogen-bond acceptors (Lipinski definition) is 4. The molecule has 1 N–H and O–H groups in total. The maximum Gasteiger partial charge on any atom is 0.321 e. The summed E-state index contributed by atoms with van der Waals surface area (Å²) in [5.41, 5.74) is 0.697. The number of anilines is 1. The molecule has 2 heterocycles. The van der Waals surface area contributed by atoms with Crippen molar-refractivity contribution in [3.63, 3.8) is 0 Å². The molecule has 3 amide bonds. The van der Waals surface area contributed by atoms with Crippen LogP contribution >= 0.6 is 31.9 Å². The molecule has 2 aromatic rings. The van der Waals surface area contributed by atoms with Crippen LogP contribution in [-0.2, 0) is 4.79 Å². The molecule has 2 aliphatic heterocycles. The molecule has 2 aliphatic rings. The van der Waals surface area contributed by atoms with Gasteiger partial charge in [0.15, 0.2) is 11.5 Å². The molecule has 1 fully saturated rings. The molecule has 0 spiro atoms. The molecule has 152 valence electrons. The van der Waals surface area contributed by atoms with Gasteiger partial charge < -0.3 is 24.6 Å². The number of carbonyl (C=O) groups excluding carboxylic acids is 2. The number of piperazine rings is 1. The van der Waals surface area contributed by atoms with Gasteiger partial charge in [0.2, 0.25) is 6.10 Å². The van der Waals surface area contributed by atoms with Gasteiger partial charge in [-0.25, -0.2) is 4.79 Å². The zero-order valence-corrected chi connectivity index (χ0v) is 18.6. The van der Waals surface area contributed by atoms with Gasteiger partial charge in [-0.1, -0.05) is 28.1 Å². The zero-order chi connectivity index (χ0) is 20.4. The standard InChI is InChI=1S/C20H19Br2N3O4/c21-13-5-6-15(14(22)11-13)23-20(27)25-9-7-24(8-10-25)19(26)18-12-28-16-3-1-2-4-17(16)29-18/h1-6,11,18H,7-10,12H2,(H,23,27). The van der Waals surface area contributed by atoms with Gasteiger partial charge in [-0.15, -0.1) is 0 Å². The van der Waals surface area contributed by atoms with E-state index >= 15 is 0 Å². The molecule has 4 rings (SSSR count). The van der Waals surface area contributed by atoms with Gasteiger partial charge in [-0.2, -0.15) is 0 Å². The van der Waals surface area contributed by atoms with E-state index in [2.05, 4.69) is 37.2 Å². The van der Waals surface area contributed by atoms with Crippen LogP contribution in [-0.4, -0.2) is 60.6 Å². The first kappa shape index (κ1) is 20.0. The van der Waals surface area contributed by atoms with E-state index < -0.39 is 6.10 Å². The molecule has 0 aromatic heterocycles. The molecule has 0 aliphatic carbocycles. The SMILES string of the molecule is O=C(Nc1ccc(Br)cc1Br)N1CCN(C(=O)C2COc3ccccc3O2)CC1. The largest absolute Gasteiger partial charge is 0.485 e. The Bertz CT molecular complexity index is 932. The number of urea groups is 1. The Kier molecular flexibility index (Phi) is 5.96. The highest BCUT2D eigenvalue weighted by molar-refractivity contribution is 9.11. The highest BCUT2D eigenvalue weighted by Gasteiger charge is 2.33. The molecular weight excluding hydrogens is 506 g/mol. The monoisotopic (exact) mass is 523 g/mol. The molecule has 7 nitrogen and oxygen atoms in total. The third kappa shape index (κ3) is 4.51. The van der Waals surface area contributed by atoms with Gasteiger partial charge >= 0.3 is 6.03 Å². The van der Waals surface area contributed by atoms with Crippen molar-refractivity contribution in [2.75, 3.05) is 38.1 Å². The minimum Gasteiger partial charge on any atom is -0.485 e. The molecule has 0 radical (unpaired) electrons. The summed E-state index contributed by atoms with van der Waals surface area (Å²) in [6.07, 6.45) is -0.663. The fraction of sp³-hybridized carbons (Fsp3) is 0.300. The number of fused-ring (bicyclic) bond motifs is 1. The van der Waals surface area contributed by atoms with E-state index in [1.165, 1.54) is 0 Å². The Morgan fingerprint density at radius 1 is 0.966 bits per heavy atom. The zero-order valence-electron chi connectivity index (χ0n) is 15.4. The first-order chi connectivity index (χ1) is 14.0. The average Bonchev–Trinajstić information content (AvgIpc) is 2.75. The number of hydrogen-bond donors (Lipinski definition) is 1. The van der Waals surface area contributed by atoms with Crippen molar-refractivity contribution in [1.29, 1.82) is 0 Å². The van der Waals surface area contributed by atoms with Crippen molar-refractivity contribution in [3.8, 4) is 11.5 Å². The van der Waals surface area contributed by atoms with E-state index in [1.807, 2.05) is 36.4 Å². The third-order valence-electron chi connectivity index (χ3n) is 4.84. The van der Waals surface area contributed by atoms with Crippen LogP contribution in [0.2, 0.25) is 0 Å². The van der Waals surface area contributed by atoms with Gasteiger partial charge in [0.25, 0.3) is 5.91 Å². The molecule has 29 heavy (non-hydrogen) atoms. The molecular formula is C20H19Br2N3O4. The molecule has 1 unspecified atom stereocenters. The predicted octanol–water partition coefficient (Wildman–Crippen LogP) is 3.73. The lowest BCUT2D eigenvalue weighted by atomic mass is 10.2. The number of nitrogens with one attached hydrogen (secondary N) is 1. The maximum atomic E-state index is 12.8. The van der Waals surface area contributed by atoms with Gasteiger partial charge in [-0.05, 0) is 46.3 Å². The van der Waals surface area contributed by atoms with E-state index in [-0.39, 0.29) is 18.5 Å². The second kappa shape index (κ2) is 8.62. The lowest BCUT2D eigenvalue weighted by Gasteiger charge is -2.37. The van der Waals surface area contributed by atoms with Crippen molar-refractivity contribution in [3.05, 3.63) is 51.4 Å². The number of halogens is 2. The van der Waals surface area contributed by atoms with Crippen LogP contribution in [0.5, 0.6) is 11.5 Å². The van der Waals surface area contributed by atoms with Crippen molar-refractivity contribution in [1.82, 2.24) is 9.80 Å². The van der Waals surface area contributed by atoms with Crippen LogP contribution in [0.1, 0.15) is 0 Å². The molecule has 9 heteroatoms. The summed E-state index contributed by atoms with van der Waals surface area (Å²) in [7, 11) is 0. The summed E-state index contributed by atoms with van der Waals surface area (Å²) in [5, 5.41) is 2.90. The Labute approximate surface area is 185 Å². The van der Waals surface area contributed by atoms with E-state index in [0.717, 1.165) is 8.95 Å². The van der Waals surface area contributed by atoms with Crippen molar-refractivity contribution in [2.45, 2.75) is 6.10 Å². The summed E-state index contributed by atoms with van der Waals surface area (Å²) >= 11 is 6.83. The minimum atomic E-state index is -0.663. The smallest absolute Gasteiger partial charge is 0.321 e. The van der Waals surface area contributed by atoms with Crippen LogP contribution < -0.4 is 14.8 Å². The van der Waals surface area contributed by atoms with Crippen LogP contribution in [0.3, 0.4) is 0 Å². The van der Waals surface area contributed by atoms with Gasteiger partial charge in [0.05, 0.1) is 5.69 Å². The third-order valence-corrected chi connectivity index (χ3v) is 5.98. The Hall–Kier alpha value is -2.26. The van der Waals surface area contributed by atoms with E-state index in [4.69, 9.17) is 9.47 Å². The minimum absolute atomic E-state index is 0.116. The summed E-state index contributed by atoms with van der Waals surface area (Å²) in [5.74, 6) is 1.11. The average molecular weight is 525 g/mol. The second-order valence-electron chi connectivity index (χ2n) is 6.73. The van der Waals surface area contributed by atoms with E-state index in [0.29, 0.717) is 43.4 Å². The summed E-state index contributed by atoms with van der Waals surface area (Å²) < 4.78 is 13.2. The highest BCUT2D eigenvalue weighted by atomic mass is 79.9. The number of ether oxygens (including phenoxy) is 2. The number of benzene rings is 2. The van der Waals surface area contributed by atoms with Crippen LogP contribution in [0.25, 0.3) is 0 Å². The quantitative estimate of drug-likeness (QED) is 0.650. The number of carbonyl (C=O) groups is 2. The van der Waals surface area contributed by atoms with Crippen molar-refractivity contribution in [2.24, 2.45) is 0 Å². The lowest BCUT2D eigenvalue weighted by Crippen LogP contribution is -2.55. The Morgan fingerprint density at radius 3 is 2.38 bits per heavy atom. The fourth-order valence-electron chi connectivity index (χ4n) is 3.26. The molecule has 2 aromatic carbocycles. The molecule has 1 saturated heterocycles. The van der Waals surface area contributed by atoms with Crippen LogP contribution in [0.4, 0.5) is 10.5 Å². The number of rotatable bonds is 2. The van der Waals surface area contributed by atoms with Gasteiger partial charge in [0.1, 0.15) is 6.61 Å². The fourth-order valence-corrected chi connectivity index (χ4v) is 4.41. The van der Waals surface area contributed by atoms with Crippen molar-refractivity contribution >= 4 is 49.5 Å². The Morgan fingerprint density at radius 2 is 1.66 bits per heavy atom. The van der Waals surface area contributed by atoms with Gasteiger partial charge in [0, 0.05) is 35.1 Å². The second-order valence-corrected chi connectivity index (χ2v) is 8.50. The number of amides is 3. The first-order valence-corrected chi connectivity index (χ1v) is 10.8. The van der Waals surface area contributed by atoms with Gasteiger partial charge in [-0.3, -0.25) is 4.79 Å².